The monoisotopic (exact) mass is 331 g/mol. The molecule has 1 saturated heterocycles. The first-order chi connectivity index (χ1) is 11.0. The molecule has 1 unspecified atom stereocenters. The van der Waals surface area contributed by atoms with Crippen LogP contribution in [-0.4, -0.2) is 35.6 Å². The lowest BCUT2D eigenvalue weighted by molar-refractivity contribution is 0.463. The van der Waals surface area contributed by atoms with Gasteiger partial charge in [-0.05, 0) is 36.0 Å². The van der Waals surface area contributed by atoms with Crippen LogP contribution in [0.5, 0.6) is 0 Å². The molecule has 0 amide bonds. The van der Waals surface area contributed by atoms with Crippen LogP contribution in [0.4, 0.5) is 0 Å². The molecule has 23 heavy (non-hydrogen) atoms. The molecule has 0 radical (unpaired) electrons. The summed E-state index contributed by atoms with van der Waals surface area (Å²) in [5.41, 5.74) is 2.05. The third-order valence-corrected chi connectivity index (χ3v) is 5.65. The van der Waals surface area contributed by atoms with Crippen molar-refractivity contribution in [3.05, 3.63) is 59.3 Å². The Balaban J connectivity index is 1.62. The van der Waals surface area contributed by atoms with E-state index in [9.17, 15) is 8.42 Å². The molecule has 1 fully saturated rings. The zero-order valence-electron chi connectivity index (χ0n) is 13.2. The van der Waals surface area contributed by atoms with E-state index in [-0.39, 0.29) is 0 Å². The van der Waals surface area contributed by atoms with Crippen molar-refractivity contribution in [1.29, 1.82) is 0 Å². The predicted molar refractivity (Wildman–Crippen MR) is 91.0 cm³/mol. The molecule has 0 spiro atoms. The number of hydrogen-bond donors (Lipinski definition) is 0. The van der Waals surface area contributed by atoms with Gasteiger partial charge in [0.05, 0.1) is 6.20 Å². The highest BCUT2D eigenvalue weighted by molar-refractivity contribution is 7.92. The second-order valence-corrected chi connectivity index (χ2v) is 7.82. The zero-order valence-corrected chi connectivity index (χ0v) is 14.0. The average molecular weight is 331 g/mol. The molecular weight excluding hydrogens is 310 g/mol. The zero-order chi connectivity index (χ0) is 16.3. The molecule has 2 heterocycles. The minimum absolute atomic E-state index is 0.360. The molecule has 1 aromatic carbocycles. The van der Waals surface area contributed by atoms with Gasteiger partial charge in [-0.15, -0.1) is 0 Å². The van der Waals surface area contributed by atoms with Crippen LogP contribution in [0, 0.1) is 5.92 Å². The molecule has 5 nitrogen and oxygen atoms in total. The van der Waals surface area contributed by atoms with E-state index in [4.69, 9.17) is 0 Å². The second-order valence-electron chi connectivity index (χ2n) is 6.00. The summed E-state index contributed by atoms with van der Waals surface area (Å²) in [6.07, 6.45) is 7.28. The molecule has 1 atom stereocenters. The minimum atomic E-state index is -3.35. The van der Waals surface area contributed by atoms with Crippen LogP contribution >= 0.6 is 0 Å². The van der Waals surface area contributed by atoms with Gasteiger partial charge in [-0.2, -0.15) is 9.40 Å². The van der Waals surface area contributed by atoms with Gasteiger partial charge in [0.25, 0.3) is 0 Å². The first-order valence-electron chi connectivity index (χ1n) is 7.74. The molecule has 1 aliphatic rings. The lowest BCUT2D eigenvalue weighted by atomic mass is 10.0. The van der Waals surface area contributed by atoms with Crippen molar-refractivity contribution in [3.63, 3.8) is 0 Å². The number of hydrogen-bond acceptors (Lipinski definition) is 3. The Morgan fingerprint density at radius 3 is 2.78 bits per heavy atom. The van der Waals surface area contributed by atoms with Crippen molar-refractivity contribution < 1.29 is 8.42 Å². The van der Waals surface area contributed by atoms with Crippen LogP contribution in [0.2, 0.25) is 0 Å². The molecule has 3 rings (SSSR count). The van der Waals surface area contributed by atoms with Crippen LogP contribution < -0.4 is 0 Å². The first-order valence-corrected chi connectivity index (χ1v) is 9.24. The van der Waals surface area contributed by atoms with Gasteiger partial charge in [0.2, 0.25) is 10.0 Å². The molecule has 0 N–H and O–H groups in total. The highest BCUT2D eigenvalue weighted by atomic mass is 32.2. The van der Waals surface area contributed by atoms with E-state index >= 15 is 0 Å². The quantitative estimate of drug-likeness (QED) is 0.845. The summed E-state index contributed by atoms with van der Waals surface area (Å²) < 4.78 is 28.2. The van der Waals surface area contributed by atoms with E-state index in [2.05, 4.69) is 5.10 Å². The predicted octanol–water partition coefficient (Wildman–Crippen LogP) is 2.29. The van der Waals surface area contributed by atoms with Gasteiger partial charge in [-0.3, -0.25) is 4.68 Å². The van der Waals surface area contributed by atoms with E-state index in [1.807, 2.05) is 49.8 Å². The summed E-state index contributed by atoms with van der Waals surface area (Å²) in [5.74, 6) is 0.360. The number of rotatable bonds is 5. The maximum absolute atomic E-state index is 12.4. The number of aromatic nitrogens is 2. The van der Waals surface area contributed by atoms with E-state index in [0.29, 0.717) is 19.0 Å². The van der Waals surface area contributed by atoms with Crippen molar-refractivity contribution in [2.24, 2.45) is 13.0 Å². The fraction of sp³-hybridized carbons (Fsp3) is 0.353. The summed E-state index contributed by atoms with van der Waals surface area (Å²) in [6.45, 7) is 1.17. The Bertz CT molecular complexity index is 781. The standard InChI is InChI=1S/C17H21N3O2S/c1-19-13-17(12-18-19)11-16-7-9-20(14-16)23(21,22)10-8-15-5-3-2-4-6-15/h2-6,8,10,12-13,16H,7,9,11,14H2,1H3/b10-8+. The summed E-state index contributed by atoms with van der Waals surface area (Å²) in [4.78, 5) is 0. The van der Waals surface area contributed by atoms with Crippen molar-refractivity contribution in [3.8, 4) is 0 Å². The summed E-state index contributed by atoms with van der Waals surface area (Å²) in [5, 5.41) is 5.48. The van der Waals surface area contributed by atoms with Crippen LogP contribution in [0.1, 0.15) is 17.5 Å². The lowest BCUT2D eigenvalue weighted by Crippen LogP contribution is -2.27. The third kappa shape index (κ3) is 4.09. The van der Waals surface area contributed by atoms with E-state index in [1.54, 1.807) is 15.1 Å². The number of nitrogens with zero attached hydrogens (tertiary/aromatic N) is 3. The summed E-state index contributed by atoms with van der Waals surface area (Å²) >= 11 is 0. The number of benzene rings is 1. The maximum atomic E-state index is 12.4. The van der Waals surface area contributed by atoms with E-state index < -0.39 is 10.0 Å². The lowest BCUT2D eigenvalue weighted by Gasteiger charge is -2.13. The van der Waals surface area contributed by atoms with E-state index in [0.717, 1.165) is 24.0 Å². The largest absolute Gasteiger partial charge is 0.276 e. The van der Waals surface area contributed by atoms with Crippen molar-refractivity contribution in [2.45, 2.75) is 12.8 Å². The number of sulfonamides is 1. The van der Waals surface area contributed by atoms with Crippen LogP contribution in [0.3, 0.4) is 0 Å². The molecule has 0 saturated carbocycles. The van der Waals surface area contributed by atoms with Crippen molar-refractivity contribution in [1.82, 2.24) is 14.1 Å². The highest BCUT2D eigenvalue weighted by Gasteiger charge is 2.29. The third-order valence-electron chi connectivity index (χ3n) is 4.12. The Labute approximate surface area is 137 Å². The first kappa shape index (κ1) is 16.0. The van der Waals surface area contributed by atoms with Gasteiger partial charge in [0, 0.05) is 31.7 Å². The van der Waals surface area contributed by atoms with Gasteiger partial charge >= 0.3 is 0 Å². The van der Waals surface area contributed by atoms with E-state index in [1.165, 1.54) is 5.41 Å². The highest BCUT2D eigenvalue weighted by Crippen LogP contribution is 2.24. The van der Waals surface area contributed by atoms with Gasteiger partial charge in [0.15, 0.2) is 0 Å². The normalized spacial score (nSPS) is 19.6. The average Bonchev–Trinajstić information content (AvgIpc) is 3.17. The Morgan fingerprint density at radius 1 is 1.30 bits per heavy atom. The fourth-order valence-corrected chi connectivity index (χ4v) is 4.20. The summed E-state index contributed by atoms with van der Waals surface area (Å²) in [6, 6.07) is 9.48. The molecule has 0 aliphatic carbocycles. The van der Waals surface area contributed by atoms with Gasteiger partial charge in [0.1, 0.15) is 0 Å². The Hall–Kier alpha value is -1.92. The molecular formula is C17H21N3O2S. The Morgan fingerprint density at radius 2 is 2.09 bits per heavy atom. The van der Waals surface area contributed by atoms with Gasteiger partial charge in [-0.1, -0.05) is 30.3 Å². The molecule has 0 bridgehead atoms. The van der Waals surface area contributed by atoms with Crippen LogP contribution in [-0.2, 0) is 23.5 Å². The van der Waals surface area contributed by atoms with Crippen molar-refractivity contribution in [2.75, 3.05) is 13.1 Å². The molecule has 2 aromatic rings. The smallest absolute Gasteiger partial charge is 0.236 e. The van der Waals surface area contributed by atoms with Crippen LogP contribution in [0.25, 0.3) is 6.08 Å². The van der Waals surface area contributed by atoms with Crippen molar-refractivity contribution >= 4 is 16.1 Å². The topological polar surface area (TPSA) is 55.2 Å². The number of aryl methyl sites for hydroxylation is 1. The molecule has 1 aromatic heterocycles. The summed E-state index contributed by atoms with van der Waals surface area (Å²) in [7, 11) is -1.45. The van der Waals surface area contributed by atoms with Gasteiger partial charge < -0.3 is 0 Å². The minimum Gasteiger partial charge on any atom is -0.276 e. The second kappa shape index (κ2) is 6.68. The molecule has 6 heteroatoms. The van der Waals surface area contributed by atoms with Gasteiger partial charge in [-0.25, -0.2) is 8.42 Å². The van der Waals surface area contributed by atoms with Crippen LogP contribution in [0.15, 0.2) is 48.1 Å². The fourth-order valence-electron chi connectivity index (χ4n) is 2.92. The Kier molecular flexibility index (Phi) is 4.63. The molecule has 1 aliphatic heterocycles. The maximum Gasteiger partial charge on any atom is 0.236 e. The SMILES string of the molecule is Cn1cc(CC2CCN(S(=O)(=O)/C=C/c3ccccc3)C2)cn1. The molecule has 122 valence electrons.